The summed E-state index contributed by atoms with van der Waals surface area (Å²) < 4.78 is 23.2. The van der Waals surface area contributed by atoms with Crippen LogP contribution in [0.5, 0.6) is 0 Å². The van der Waals surface area contributed by atoms with Gasteiger partial charge in [0.1, 0.15) is 18.4 Å². The maximum atomic E-state index is 12.2. The summed E-state index contributed by atoms with van der Waals surface area (Å²) in [5, 5.41) is 5.52. The number of imidazole rings is 1. The van der Waals surface area contributed by atoms with E-state index in [1.54, 1.807) is 40.9 Å². The van der Waals surface area contributed by atoms with Gasteiger partial charge >= 0.3 is 11.9 Å². The lowest BCUT2D eigenvalue weighted by Crippen LogP contribution is -2.34. The predicted octanol–water partition coefficient (Wildman–Crippen LogP) is 1.25. The second kappa shape index (κ2) is 11.8. The lowest BCUT2D eigenvalue weighted by atomic mass is 10.3. The molecule has 2 N–H and O–H groups in total. The minimum atomic E-state index is -2.83. The largest absolute Gasteiger partial charge is 0.465 e. The highest BCUT2D eigenvalue weighted by atomic mass is 31.2. The van der Waals surface area contributed by atoms with E-state index in [0.29, 0.717) is 13.2 Å². The summed E-state index contributed by atoms with van der Waals surface area (Å²) in [5.41, 5.74) is 0. The van der Waals surface area contributed by atoms with E-state index in [1.807, 2.05) is 0 Å². The van der Waals surface area contributed by atoms with Gasteiger partial charge in [0.2, 0.25) is 7.44 Å². The molecule has 0 aliphatic heterocycles. The lowest BCUT2D eigenvalue weighted by Gasteiger charge is -2.19. The molecule has 0 radical (unpaired) electrons. The van der Waals surface area contributed by atoms with E-state index in [4.69, 9.17) is 9.47 Å². The van der Waals surface area contributed by atoms with Crippen molar-refractivity contribution in [2.75, 3.05) is 26.9 Å². The maximum absolute atomic E-state index is 12.2. The fourth-order valence-corrected chi connectivity index (χ4v) is 3.14. The number of rotatable bonds is 8. The molecule has 3 atom stereocenters. The van der Waals surface area contributed by atoms with Gasteiger partial charge in [-0.05, 0) is 34.7 Å². The van der Waals surface area contributed by atoms with Crippen LogP contribution >= 0.6 is 7.44 Å². The second-order valence-electron chi connectivity index (χ2n) is 5.19. The van der Waals surface area contributed by atoms with E-state index in [-0.39, 0.29) is 12.0 Å². The number of nitrogens with zero attached hydrogens (tertiary/aromatic N) is 2. The number of aromatic nitrogens is 2. The number of carbonyl (C=O) groups excluding carboxylic acids is 2. The van der Waals surface area contributed by atoms with Gasteiger partial charge in [-0.25, -0.2) is 10.1 Å². The Morgan fingerprint density at radius 3 is 2.08 bits per heavy atom. The van der Waals surface area contributed by atoms with Gasteiger partial charge in [0, 0.05) is 19.1 Å². The summed E-state index contributed by atoms with van der Waals surface area (Å²) in [7, 11) is -1.10. The lowest BCUT2D eigenvalue weighted by molar-refractivity contribution is -0.145. The van der Waals surface area contributed by atoms with Gasteiger partial charge in [0.05, 0.1) is 13.2 Å². The maximum Gasteiger partial charge on any atom is 0.323 e. The molecule has 1 aromatic heterocycles. The van der Waals surface area contributed by atoms with Crippen molar-refractivity contribution in [1.82, 2.24) is 19.7 Å². The Bertz CT molecular complexity index is 564. The average molecular weight is 376 g/mol. The van der Waals surface area contributed by atoms with E-state index in [1.165, 1.54) is 23.5 Å². The highest BCUT2D eigenvalue weighted by Gasteiger charge is 2.24. The Morgan fingerprint density at radius 1 is 1.16 bits per heavy atom. The number of hydrogen-bond donors (Lipinski definition) is 2. The molecule has 0 bridgehead atoms. The first kappa shape index (κ1) is 23.3. The first-order valence-electron chi connectivity index (χ1n) is 8.04. The van der Waals surface area contributed by atoms with Crippen molar-refractivity contribution in [2.24, 2.45) is 0 Å². The van der Waals surface area contributed by atoms with E-state index < -0.39 is 19.5 Å². The van der Waals surface area contributed by atoms with Gasteiger partial charge in [-0.15, -0.1) is 0 Å². The van der Waals surface area contributed by atoms with Crippen molar-refractivity contribution in [3.63, 3.8) is 0 Å². The number of ether oxygens (including phenoxy) is 2. The SMILES string of the molecule is CCOC(=O)C(C)NC.CCOC(=O)C(C)NP(C)(=O)n1ccnc1. The van der Waals surface area contributed by atoms with Crippen LogP contribution in [-0.2, 0) is 23.6 Å². The first-order valence-corrected chi connectivity index (χ1v) is 10.1. The van der Waals surface area contributed by atoms with Crippen LogP contribution in [0.2, 0.25) is 0 Å². The summed E-state index contributed by atoms with van der Waals surface area (Å²) in [4.78, 5) is 25.9. The predicted molar refractivity (Wildman–Crippen MR) is 95.5 cm³/mol. The van der Waals surface area contributed by atoms with E-state index >= 15 is 0 Å². The summed E-state index contributed by atoms with van der Waals surface area (Å²) >= 11 is 0. The zero-order valence-electron chi connectivity index (χ0n) is 15.7. The van der Waals surface area contributed by atoms with Gasteiger partial charge in [-0.3, -0.25) is 18.5 Å². The molecule has 9 nitrogen and oxygen atoms in total. The third-order valence-electron chi connectivity index (χ3n) is 3.08. The van der Waals surface area contributed by atoms with E-state index in [2.05, 4.69) is 15.4 Å². The Morgan fingerprint density at radius 2 is 1.68 bits per heavy atom. The van der Waals surface area contributed by atoms with Gasteiger partial charge in [-0.2, -0.15) is 0 Å². The van der Waals surface area contributed by atoms with Crippen molar-refractivity contribution in [2.45, 2.75) is 39.8 Å². The molecule has 0 aliphatic carbocycles. The molecule has 0 saturated heterocycles. The molecule has 0 aliphatic rings. The molecule has 1 heterocycles. The van der Waals surface area contributed by atoms with Crippen molar-refractivity contribution >= 4 is 19.4 Å². The summed E-state index contributed by atoms with van der Waals surface area (Å²) in [6, 6.07) is -0.803. The van der Waals surface area contributed by atoms with Gasteiger partial charge in [0.25, 0.3) is 0 Å². The number of hydrogen-bond acceptors (Lipinski definition) is 7. The normalized spacial score (nSPS) is 15.1. The summed E-state index contributed by atoms with van der Waals surface area (Å²) in [6.07, 6.45) is 4.57. The van der Waals surface area contributed by atoms with Crippen LogP contribution in [0.4, 0.5) is 0 Å². The number of likely N-dealkylation sites (N-methyl/N-ethyl adjacent to an activating group) is 1. The molecule has 0 spiro atoms. The summed E-state index contributed by atoms with van der Waals surface area (Å²) in [6.45, 7) is 9.19. The smallest absolute Gasteiger partial charge is 0.323 e. The minimum absolute atomic E-state index is 0.190. The molecule has 1 aromatic rings. The van der Waals surface area contributed by atoms with Crippen molar-refractivity contribution in [3.05, 3.63) is 18.7 Å². The molecule has 1 rings (SSSR count). The first-order chi connectivity index (χ1) is 11.7. The molecular weight excluding hydrogens is 347 g/mol. The zero-order valence-corrected chi connectivity index (χ0v) is 16.6. The van der Waals surface area contributed by atoms with Crippen LogP contribution in [-0.4, -0.2) is 60.3 Å². The summed E-state index contributed by atoms with van der Waals surface area (Å²) in [5.74, 6) is -0.607. The number of esters is 2. The highest BCUT2D eigenvalue weighted by molar-refractivity contribution is 7.59. The molecule has 144 valence electrons. The molecule has 10 heteroatoms. The van der Waals surface area contributed by atoms with Gasteiger partial charge in [-0.1, -0.05) is 0 Å². The van der Waals surface area contributed by atoms with Crippen molar-refractivity contribution in [1.29, 1.82) is 0 Å². The van der Waals surface area contributed by atoms with Crippen LogP contribution in [0.25, 0.3) is 0 Å². The molecule has 0 fully saturated rings. The third-order valence-corrected chi connectivity index (χ3v) is 5.06. The zero-order chi connectivity index (χ0) is 19.5. The molecule has 0 aromatic carbocycles. The molecular formula is C15H29N4O5P. The van der Waals surface area contributed by atoms with E-state index in [0.717, 1.165) is 0 Å². The fourth-order valence-electron chi connectivity index (χ4n) is 1.61. The fraction of sp³-hybridized carbons (Fsp3) is 0.667. The highest BCUT2D eigenvalue weighted by Crippen LogP contribution is 2.37. The quantitative estimate of drug-likeness (QED) is 0.515. The van der Waals surface area contributed by atoms with Crippen LogP contribution in [0.15, 0.2) is 18.7 Å². The van der Waals surface area contributed by atoms with Gasteiger partial charge < -0.3 is 14.8 Å². The molecule has 0 saturated carbocycles. The van der Waals surface area contributed by atoms with E-state index in [9.17, 15) is 14.2 Å². The van der Waals surface area contributed by atoms with Crippen LogP contribution in [0.3, 0.4) is 0 Å². The Hall–Kier alpha value is -1.70. The number of carbonyl (C=O) groups is 2. The van der Waals surface area contributed by atoms with Crippen LogP contribution in [0, 0.1) is 0 Å². The molecule has 3 unspecified atom stereocenters. The van der Waals surface area contributed by atoms with Gasteiger partial charge in [0.15, 0.2) is 0 Å². The average Bonchev–Trinajstić information content (AvgIpc) is 3.10. The monoisotopic (exact) mass is 376 g/mol. The standard InChI is InChI=1S/C9H16N3O3P.C6H13NO2/c1-4-15-9(13)8(2)11-16(3,14)12-6-5-10-7-12;1-4-9-6(8)5(2)7-3/h5-8H,4H2,1-3H3,(H,11,14);5,7H,4H2,1-3H3. The third kappa shape index (κ3) is 8.81. The molecule has 25 heavy (non-hydrogen) atoms. The minimum Gasteiger partial charge on any atom is -0.465 e. The Kier molecular flexibility index (Phi) is 11.0. The van der Waals surface area contributed by atoms with Crippen LogP contribution in [0.1, 0.15) is 27.7 Å². The van der Waals surface area contributed by atoms with Crippen LogP contribution < -0.4 is 10.4 Å². The second-order valence-corrected chi connectivity index (χ2v) is 7.67. The Labute approximate surface area is 149 Å². The van der Waals surface area contributed by atoms with Crippen molar-refractivity contribution in [3.8, 4) is 0 Å². The number of nitrogens with one attached hydrogen (secondary N) is 2. The topological polar surface area (TPSA) is 112 Å². The Balaban J connectivity index is 0.000000547. The molecule has 0 amide bonds. The van der Waals surface area contributed by atoms with Crippen molar-refractivity contribution < 1.29 is 23.6 Å².